The average molecular weight is 327 g/mol. The molecule has 1 spiro atoms. The van der Waals surface area contributed by atoms with Gasteiger partial charge in [0.05, 0.1) is 5.60 Å². The number of nitrogens with one attached hydrogen (secondary N) is 1. The fourth-order valence-electron chi connectivity index (χ4n) is 3.66. The molecular weight excluding hydrogens is 304 g/mol. The Bertz CT molecular complexity index is 485. The lowest BCUT2D eigenvalue weighted by molar-refractivity contribution is -0.0854. The molecule has 2 fully saturated rings. The predicted molar refractivity (Wildman–Crippen MR) is 89.6 cm³/mol. The van der Waals surface area contributed by atoms with Crippen LogP contribution in [-0.2, 0) is 4.74 Å². The molecule has 2 heterocycles. The maximum Gasteiger partial charge on any atom is 0.0783 e. The lowest BCUT2D eigenvalue weighted by atomic mass is 9.79. The number of rotatable bonds is 3. The molecule has 0 aliphatic carbocycles. The topological polar surface area (TPSA) is 47.3 Å². The van der Waals surface area contributed by atoms with E-state index in [9.17, 15) is 0 Å². The van der Waals surface area contributed by atoms with Crippen molar-refractivity contribution in [3.63, 3.8) is 0 Å². The van der Waals surface area contributed by atoms with E-state index in [0.717, 1.165) is 30.2 Å². The van der Waals surface area contributed by atoms with Crippen molar-refractivity contribution in [2.45, 2.75) is 37.8 Å². The largest absolute Gasteiger partial charge is 0.374 e. The highest BCUT2D eigenvalue weighted by Crippen LogP contribution is 2.44. The molecule has 3 unspecified atom stereocenters. The van der Waals surface area contributed by atoms with Gasteiger partial charge in [0.25, 0.3) is 0 Å². The second-order valence-corrected chi connectivity index (χ2v) is 7.83. The summed E-state index contributed by atoms with van der Waals surface area (Å²) in [5.74, 6) is 8.72. The van der Waals surface area contributed by atoms with Gasteiger partial charge in [0.1, 0.15) is 0 Å². The van der Waals surface area contributed by atoms with E-state index in [0.29, 0.717) is 5.92 Å². The molecule has 21 heavy (non-hydrogen) atoms. The average Bonchev–Trinajstić information content (AvgIpc) is 2.86. The second-order valence-electron chi connectivity index (χ2n) is 6.29. The minimum atomic E-state index is 0.0797. The Morgan fingerprint density at radius 1 is 1.48 bits per heavy atom. The monoisotopic (exact) mass is 326 g/mol. The van der Waals surface area contributed by atoms with Gasteiger partial charge in [-0.25, -0.2) is 0 Å². The molecule has 5 heteroatoms. The van der Waals surface area contributed by atoms with Gasteiger partial charge in [0, 0.05) is 23.4 Å². The Morgan fingerprint density at radius 2 is 2.33 bits per heavy atom. The van der Waals surface area contributed by atoms with Gasteiger partial charge in [-0.15, -0.1) is 0 Å². The van der Waals surface area contributed by atoms with Gasteiger partial charge in [-0.1, -0.05) is 17.7 Å². The van der Waals surface area contributed by atoms with Gasteiger partial charge in [-0.05, 0) is 61.1 Å². The summed E-state index contributed by atoms with van der Waals surface area (Å²) in [7, 11) is 0. The first-order valence-electron chi connectivity index (χ1n) is 7.57. The minimum Gasteiger partial charge on any atom is -0.374 e. The van der Waals surface area contributed by atoms with Crippen molar-refractivity contribution in [2.24, 2.45) is 11.8 Å². The summed E-state index contributed by atoms with van der Waals surface area (Å²) >= 11 is 8.22. The minimum absolute atomic E-state index is 0.0797. The van der Waals surface area contributed by atoms with E-state index in [1.807, 2.05) is 23.9 Å². The van der Waals surface area contributed by atoms with Crippen LogP contribution in [-0.4, -0.2) is 23.7 Å². The fraction of sp³-hybridized carbons (Fsp3) is 0.625. The Balaban J connectivity index is 1.82. The van der Waals surface area contributed by atoms with Crippen molar-refractivity contribution < 1.29 is 4.74 Å². The van der Waals surface area contributed by atoms with Crippen molar-refractivity contribution in [2.75, 3.05) is 18.1 Å². The lowest BCUT2D eigenvalue weighted by Gasteiger charge is -2.41. The number of hydrogen-bond acceptors (Lipinski definition) is 4. The van der Waals surface area contributed by atoms with Gasteiger partial charge in [0.15, 0.2) is 0 Å². The standard InChI is InChI=1S/C16H23ClN2OS/c1-11-6-13(8-14(17)7-11)15(19-18)12-2-4-20-16(9-12)3-5-21-10-16/h6-8,12,15,19H,2-5,9-10,18H2,1H3. The number of benzene rings is 1. The van der Waals surface area contributed by atoms with E-state index >= 15 is 0 Å². The third kappa shape index (κ3) is 3.40. The zero-order valence-electron chi connectivity index (χ0n) is 12.4. The van der Waals surface area contributed by atoms with Crippen molar-refractivity contribution in [3.8, 4) is 0 Å². The summed E-state index contributed by atoms with van der Waals surface area (Å²) < 4.78 is 6.12. The van der Waals surface area contributed by atoms with Crippen molar-refractivity contribution in [3.05, 3.63) is 34.3 Å². The first-order chi connectivity index (χ1) is 10.1. The van der Waals surface area contributed by atoms with E-state index in [2.05, 4.69) is 18.4 Å². The molecule has 0 aromatic heterocycles. The summed E-state index contributed by atoms with van der Waals surface area (Å²) in [5.41, 5.74) is 5.47. The highest BCUT2D eigenvalue weighted by Gasteiger charge is 2.42. The molecule has 2 aliphatic rings. The van der Waals surface area contributed by atoms with E-state index in [1.54, 1.807) is 0 Å². The molecule has 3 N–H and O–H groups in total. The summed E-state index contributed by atoms with van der Waals surface area (Å²) in [6, 6.07) is 6.35. The quantitative estimate of drug-likeness (QED) is 0.659. The van der Waals surface area contributed by atoms with Gasteiger partial charge in [0.2, 0.25) is 0 Å². The van der Waals surface area contributed by atoms with Crippen LogP contribution in [0.3, 0.4) is 0 Å². The third-order valence-electron chi connectivity index (χ3n) is 4.67. The zero-order chi connectivity index (χ0) is 14.9. The maximum absolute atomic E-state index is 6.21. The third-order valence-corrected chi connectivity index (χ3v) is 6.11. The zero-order valence-corrected chi connectivity index (χ0v) is 14.0. The van der Waals surface area contributed by atoms with Crippen LogP contribution in [0.5, 0.6) is 0 Å². The van der Waals surface area contributed by atoms with Gasteiger partial charge >= 0.3 is 0 Å². The second kappa shape index (κ2) is 6.47. The normalized spacial score (nSPS) is 30.7. The molecule has 0 bridgehead atoms. The first kappa shape index (κ1) is 15.6. The van der Waals surface area contributed by atoms with E-state index in [-0.39, 0.29) is 11.6 Å². The van der Waals surface area contributed by atoms with E-state index < -0.39 is 0 Å². The number of aryl methyl sites for hydroxylation is 1. The molecule has 3 nitrogen and oxygen atoms in total. The Hall–Kier alpha value is -0.260. The van der Waals surface area contributed by atoms with Gasteiger partial charge < -0.3 is 4.74 Å². The Kier molecular flexibility index (Phi) is 4.81. The molecule has 3 rings (SSSR count). The van der Waals surface area contributed by atoms with E-state index in [1.165, 1.54) is 23.3 Å². The van der Waals surface area contributed by atoms with Crippen molar-refractivity contribution >= 4 is 23.4 Å². The van der Waals surface area contributed by atoms with Crippen LogP contribution >= 0.6 is 23.4 Å². The predicted octanol–water partition coefficient (Wildman–Crippen LogP) is 3.46. The Morgan fingerprint density at radius 3 is 3.00 bits per heavy atom. The number of hydrogen-bond donors (Lipinski definition) is 2. The number of ether oxygens (including phenoxy) is 1. The lowest BCUT2D eigenvalue weighted by Crippen LogP contribution is -2.45. The number of halogens is 1. The molecule has 2 saturated heterocycles. The molecule has 0 amide bonds. The van der Waals surface area contributed by atoms with Crippen LogP contribution < -0.4 is 11.3 Å². The van der Waals surface area contributed by atoms with Crippen LogP contribution in [0.4, 0.5) is 0 Å². The van der Waals surface area contributed by atoms with E-state index in [4.69, 9.17) is 22.2 Å². The molecule has 0 radical (unpaired) electrons. The summed E-state index contributed by atoms with van der Waals surface area (Å²) in [6.45, 7) is 2.91. The number of hydrazine groups is 1. The SMILES string of the molecule is Cc1cc(Cl)cc(C(NN)C2CCOC3(CCSC3)C2)c1. The van der Waals surface area contributed by atoms with Crippen LogP contribution in [0.25, 0.3) is 0 Å². The molecule has 116 valence electrons. The van der Waals surface area contributed by atoms with Gasteiger partial charge in [-0.2, -0.15) is 11.8 Å². The molecule has 1 aromatic rings. The van der Waals surface area contributed by atoms with Crippen LogP contribution in [0.2, 0.25) is 5.02 Å². The molecule has 0 saturated carbocycles. The molecule has 1 aromatic carbocycles. The van der Waals surface area contributed by atoms with Gasteiger partial charge in [-0.3, -0.25) is 11.3 Å². The number of nitrogens with two attached hydrogens (primary N) is 1. The first-order valence-corrected chi connectivity index (χ1v) is 9.10. The summed E-state index contributed by atoms with van der Waals surface area (Å²) in [6.07, 6.45) is 3.30. The number of thioether (sulfide) groups is 1. The van der Waals surface area contributed by atoms with Crippen LogP contribution in [0, 0.1) is 12.8 Å². The summed E-state index contributed by atoms with van der Waals surface area (Å²) in [5, 5.41) is 0.781. The molecular formula is C16H23ClN2OS. The molecule has 3 atom stereocenters. The molecule has 2 aliphatic heterocycles. The fourth-order valence-corrected chi connectivity index (χ4v) is 5.34. The highest BCUT2D eigenvalue weighted by atomic mass is 35.5. The smallest absolute Gasteiger partial charge is 0.0783 e. The maximum atomic E-state index is 6.21. The Labute approximate surface area is 135 Å². The van der Waals surface area contributed by atoms with Crippen LogP contribution in [0.15, 0.2) is 18.2 Å². The van der Waals surface area contributed by atoms with Crippen LogP contribution in [0.1, 0.15) is 36.4 Å². The highest BCUT2D eigenvalue weighted by molar-refractivity contribution is 7.99. The van der Waals surface area contributed by atoms with Crippen molar-refractivity contribution in [1.82, 2.24) is 5.43 Å². The summed E-state index contributed by atoms with van der Waals surface area (Å²) in [4.78, 5) is 0. The van der Waals surface area contributed by atoms with Crippen molar-refractivity contribution in [1.29, 1.82) is 0 Å².